The molecule has 2 heterocycles. The van der Waals surface area contributed by atoms with E-state index >= 15 is 0 Å². The van der Waals surface area contributed by atoms with Crippen LogP contribution in [0.1, 0.15) is 75.5 Å². The lowest BCUT2D eigenvalue weighted by atomic mass is 9.95. The maximum Gasteiger partial charge on any atom is 0.338 e. The van der Waals surface area contributed by atoms with E-state index in [-0.39, 0.29) is 39.8 Å². The summed E-state index contributed by atoms with van der Waals surface area (Å²) in [6, 6.07) is 47.1. The topological polar surface area (TPSA) is 234 Å². The van der Waals surface area contributed by atoms with Crippen molar-refractivity contribution in [2.24, 2.45) is 5.11 Å². The second kappa shape index (κ2) is 24.4. The number of hydrogen-bond acceptors (Lipinski definition) is 16. The third-order valence-corrected chi connectivity index (χ3v) is 11.7. The first-order valence-corrected chi connectivity index (χ1v) is 23.1. The Morgan fingerprint density at radius 1 is 0.397 bits per heavy atom. The van der Waals surface area contributed by atoms with Gasteiger partial charge in [0.25, 0.3) is 0 Å². The van der Waals surface area contributed by atoms with Gasteiger partial charge in [0.15, 0.2) is 36.6 Å². The van der Waals surface area contributed by atoms with Crippen LogP contribution in [0.4, 0.5) is 0 Å². The van der Waals surface area contributed by atoms with E-state index in [1.54, 1.807) is 116 Å². The van der Waals surface area contributed by atoms with Crippen LogP contribution in [0.2, 0.25) is 0 Å². The zero-order valence-electron chi connectivity index (χ0n) is 39.0. The van der Waals surface area contributed by atoms with Gasteiger partial charge in [-0.1, -0.05) is 121 Å². The van der Waals surface area contributed by atoms with Crippen LogP contribution in [-0.2, 0) is 42.6 Å². The molecule has 0 radical (unpaired) electrons. The lowest BCUT2D eigenvalue weighted by Gasteiger charge is -2.48. The number of rotatable bonds is 17. The molecule has 2 fully saturated rings. The second-order valence-electron chi connectivity index (χ2n) is 16.5. The molecule has 2 saturated heterocycles. The van der Waals surface area contributed by atoms with Gasteiger partial charge >= 0.3 is 35.8 Å². The molecule has 6 unspecified atom stereocenters. The van der Waals surface area contributed by atoms with Gasteiger partial charge < -0.3 is 42.6 Å². The van der Waals surface area contributed by atoms with Gasteiger partial charge in [0.1, 0.15) is 12.2 Å². The minimum absolute atomic E-state index is 0.0361. The summed E-state index contributed by atoms with van der Waals surface area (Å²) in [5.74, 6) is -5.54. The largest absolute Gasteiger partial charge is 0.452 e. The SMILES string of the molecule is CCC1O[C@H](O[C@H]2OC(CN=[N+]=[N-])[C@@H](OC(=O)c3ccccc3)C(OC(=O)c3ccccc3)C2OC(=O)c2ccccc2)C(OC(=O)c2ccccc2)C(OC(=O)c2ccccc2)[C@@H]1OC(=O)c1ccccc1. The maximum atomic E-state index is 14.2. The van der Waals surface area contributed by atoms with Crippen molar-refractivity contribution in [1.82, 2.24) is 0 Å². The summed E-state index contributed by atoms with van der Waals surface area (Å²) in [5, 5.41) is 3.72. The molecule has 0 aromatic heterocycles. The lowest BCUT2D eigenvalue weighted by Crippen LogP contribution is -2.66. The lowest BCUT2D eigenvalue weighted by molar-refractivity contribution is -0.369. The summed E-state index contributed by atoms with van der Waals surface area (Å²) in [4.78, 5) is 87.5. The molecule has 0 amide bonds. The van der Waals surface area contributed by atoms with Crippen molar-refractivity contribution in [3.63, 3.8) is 0 Å². The standard InChI is InChI=1S/C55H47N3O15/c1-2-40-42(67-48(59)34-21-9-3-10-22-34)44(69-50(61)36-25-13-5-14-26-36)46(71-52(63)38-29-17-7-18-30-38)54(65-40)73-55-47(72-53(64)39-31-19-8-20-32-39)45(70-51(62)37-27-15-6-16-28-37)43(41(66-55)33-57-58-56)68-49(60)35-23-11-4-12-24-35/h3-32,40-47,54-55H,2,33H2,1H3/t40?,41?,42-,43-,44?,45?,46?,47?,54-,55-/m1/s1. The van der Waals surface area contributed by atoms with Crippen LogP contribution in [-0.4, -0.2) is 104 Å². The van der Waals surface area contributed by atoms with E-state index in [1.165, 1.54) is 72.8 Å². The number of carbonyl (C=O) groups excluding carboxylic acids is 6. The smallest absolute Gasteiger partial charge is 0.338 e. The van der Waals surface area contributed by atoms with Gasteiger partial charge in [-0.2, -0.15) is 0 Å². The molecule has 8 rings (SSSR count). The Kier molecular flexibility index (Phi) is 17.0. The molecule has 73 heavy (non-hydrogen) atoms. The molecule has 10 atom stereocenters. The summed E-state index contributed by atoms with van der Waals surface area (Å²) in [5.41, 5.74) is 10.1. The molecule has 2 aliphatic heterocycles. The van der Waals surface area contributed by atoms with E-state index in [1.807, 2.05) is 0 Å². The van der Waals surface area contributed by atoms with Crippen LogP contribution in [0.15, 0.2) is 187 Å². The number of hydrogen-bond donors (Lipinski definition) is 0. The summed E-state index contributed by atoms with van der Waals surface area (Å²) >= 11 is 0. The summed E-state index contributed by atoms with van der Waals surface area (Å²) in [6.45, 7) is 1.12. The van der Waals surface area contributed by atoms with Crippen LogP contribution in [0.5, 0.6) is 0 Å². The molecule has 0 N–H and O–H groups in total. The predicted octanol–water partition coefficient (Wildman–Crippen LogP) is 8.53. The Labute approximate surface area is 418 Å². The first-order valence-electron chi connectivity index (χ1n) is 23.1. The molecule has 0 spiro atoms. The van der Waals surface area contributed by atoms with Gasteiger partial charge in [-0.05, 0) is 84.7 Å². The predicted molar refractivity (Wildman–Crippen MR) is 257 cm³/mol. The number of esters is 6. The van der Waals surface area contributed by atoms with E-state index < -0.39 is 104 Å². The van der Waals surface area contributed by atoms with Gasteiger partial charge in [0.05, 0.1) is 39.9 Å². The molecule has 6 aromatic rings. The molecule has 18 heteroatoms. The Morgan fingerprint density at radius 3 is 0.918 bits per heavy atom. The highest BCUT2D eigenvalue weighted by Gasteiger charge is 2.58. The van der Waals surface area contributed by atoms with Crippen LogP contribution in [0.25, 0.3) is 10.4 Å². The van der Waals surface area contributed by atoms with E-state index in [9.17, 15) is 34.3 Å². The van der Waals surface area contributed by atoms with Gasteiger partial charge in [-0.3, -0.25) is 0 Å². The average molecular weight is 990 g/mol. The van der Waals surface area contributed by atoms with Crippen LogP contribution < -0.4 is 0 Å². The Morgan fingerprint density at radius 2 is 0.644 bits per heavy atom. The molecule has 0 bridgehead atoms. The van der Waals surface area contributed by atoms with Crippen molar-refractivity contribution in [3.8, 4) is 0 Å². The first-order chi connectivity index (χ1) is 35.6. The molecule has 0 saturated carbocycles. The Hall–Kier alpha value is -8.67. The molecule has 372 valence electrons. The van der Waals surface area contributed by atoms with Crippen molar-refractivity contribution in [2.75, 3.05) is 6.54 Å². The third kappa shape index (κ3) is 12.6. The van der Waals surface area contributed by atoms with Gasteiger partial charge in [0, 0.05) is 4.91 Å². The Balaban J connectivity index is 1.25. The fraction of sp³-hybridized carbons (Fsp3) is 0.236. The molecule has 0 aliphatic carbocycles. The van der Waals surface area contributed by atoms with Crippen molar-refractivity contribution in [3.05, 3.63) is 226 Å². The fourth-order valence-electron chi connectivity index (χ4n) is 8.10. The van der Waals surface area contributed by atoms with Gasteiger partial charge in [-0.25, -0.2) is 28.8 Å². The van der Waals surface area contributed by atoms with Gasteiger partial charge in [0.2, 0.25) is 12.6 Å². The minimum atomic E-state index is -1.94. The molecular weight excluding hydrogens is 943 g/mol. The van der Waals surface area contributed by atoms with Crippen molar-refractivity contribution < 1.29 is 71.4 Å². The van der Waals surface area contributed by atoms with Crippen LogP contribution in [0, 0.1) is 0 Å². The monoisotopic (exact) mass is 989 g/mol. The number of benzene rings is 6. The molecule has 6 aromatic carbocycles. The summed E-state index contributed by atoms with van der Waals surface area (Å²) in [7, 11) is 0. The van der Waals surface area contributed by atoms with E-state index in [2.05, 4.69) is 10.0 Å². The Bertz CT molecular complexity index is 2880. The summed E-state index contributed by atoms with van der Waals surface area (Å²) in [6.07, 6.45) is -16.8. The normalized spacial score (nSPS) is 23.2. The molecular formula is C55H47N3O15. The van der Waals surface area contributed by atoms with E-state index in [0.717, 1.165) is 0 Å². The summed E-state index contributed by atoms with van der Waals surface area (Å²) < 4.78 is 56.7. The van der Waals surface area contributed by atoms with Crippen LogP contribution in [0.3, 0.4) is 0 Å². The van der Waals surface area contributed by atoms with Crippen molar-refractivity contribution in [1.29, 1.82) is 0 Å². The van der Waals surface area contributed by atoms with E-state index in [0.29, 0.717) is 0 Å². The second-order valence-corrected chi connectivity index (χ2v) is 16.5. The highest BCUT2D eigenvalue weighted by Crippen LogP contribution is 2.37. The average Bonchev–Trinajstić information content (AvgIpc) is 3.44. The molecule has 2 aliphatic rings. The number of carbonyl (C=O) groups is 6. The fourth-order valence-corrected chi connectivity index (χ4v) is 8.10. The van der Waals surface area contributed by atoms with Crippen molar-refractivity contribution in [2.45, 2.75) is 74.8 Å². The molecule has 18 nitrogen and oxygen atoms in total. The highest BCUT2D eigenvalue weighted by molar-refractivity contribution is 5.92. The zero-order valence-corrected chi connectivity index (χ0v) is 39.0. The first kappa shape index (κ1) is 50.7. The van der Waals surface area contributed by atoms with Gasteiger partial charge in [-0.15, -0.1) is 0 Å². The third-order valence-electron chi connectivity index (χ3n) is 11.7. The van der Waals surface area contributed by atoms with E-state index in [4.69, 9.17) is 42.6 Å². The van der Waals surface area contributed by atoms with Crippen LogP contribution >= 0.6 is 0 Å². The minimum Gasteiger partial charge on any atom is -0.452 e. The zero-order chi connectivity index (χ0) is 51.1. The number of ether oxygens (including phenoxy) is 9. The number of nitrogens with zero attached hydrogens (tertiary/aromatic N) is 3. The number of azide groups is 1. The van der Waals surface area contributed by atoms with Crippen molar-refractivity contribution >= 4 is 35.8 Å². The quantitative estimate of drug-likeness (QED) is 0.0274. The highest BCUT2D eigenvalue weighted by atomic mass is 16.8. The maximum absolute atomic E-state index is 14.2.